The molecule has 3 N–H and O–H groups in total. The number of amides is 1. The highest BCUT2D eigenvalue weighted by atomic mass is 16.1. The second-order valence-electron chi connectivity index (χ2n) is 3.15. The van der Waals surface area contributed by atoms with Gasteiger partial charge in [0.25, 0.3) is 5.91 Å². The number of aromatic amines is 1. The largest absolute Gasteiger partial charge is 0.364 e. The van der Waals surface area contributed by atoms with Crippen LogP contribution in [0.5, 0.6) is 0 Å². The van der Waals surface area contributed by atoms with Crippen molar-refractivity contribution in [3.8, 4) is 0 Å². The van der Waals surface area contributed by atoms with E-state index in [2.05, 4.69) is 18.8 Å². The Morgan fingerprint density at radius 2 is 2.23 bits per heavy atom. The molecule has 0 aliphatic carbocycles. The van der Waals surface area contributed by atoms with Crippen LogP contribution in [0.25, 0.3) is 0 Å². The van der Waals surface area contributed by atoms with Crippen molar-refractivity contribution < 1.29 is 4.79 Å². The first kappa shape index (κ1) is 9.84. The van der Waals surface area contributed by atoms with Crippen molar-refractivity contribution in [3.63, 3.8) is 0 Å². The number of nitrogens with one attached hydrogen (secondary N) is 1. The van der Waals surface area contributed by atoms with Crippen molar-refractivity contribution in [2.75, 3.05) is 0 Å². The second-order valence-corrected chi connectivity index (χ2v) is 3.15. The van der Waals surface area contributed by atoms with Gasteiger partial charge in [-0.05, 0) is 24.5 Å². The summed E-state index contributed by atoms with van der Waals surface area (Å²) < 4.78 is 0. The lowest BCUT2D eigenvalue weighted by atomic mass is 10.1. The van der Waals surface area contributed by atoms with Crippen LogP contribution in [0.3, 0.4) is 0 Å². The molecule has 0 aliphatic rings. The summed E-state index contributed by atoms with van der Waals surface area (Å²) in [7, 11) is 0. The van der Waals surface area contributed by atoms with Gasteiger partial charge in [0.05, 0.1) is 0 Å². The van der Waals surface area contributed by atoms with Crippen molar-refractivity contribution in [3.05, 3.63) is 23.0 Å². The van der Waals surface area contributed by atoms with Crippen LogP contribution in [0, 0.1) is 0 Å². The maximum Gasteiger partial charge on any atom is 0.265 e. The maximum absolute atomic E-state index is 10.9. The highest BCUT2D eigenvalue weighted by Crippen LogP contribution is 2.13. The first-order chi connectivity index (χ1) is 6.19. The average molecular weight is 180 g/mol. The molecule has 1 amide bonds. The number of carbonyl (C=O) groups excluding carboxylic acids is 1. The van der Waals surface area contributed by atoms with Crippen molar-refractivity contribution >= 4 is 5.91 Å². The molecule has 0 bridgehead atoms. The Balaban J connectivity index is 2.96. The van der Waals surface area contributed by atoms with E-state index in [9.17, 15) is 4.79 Å². The zero-order chi connectivity index (χ0) is 9.84. The van der Waals surface area contributed by atoms with Gasteiger partial charge in [0, 0.05) is 5.69 Å². The fraction of sp³-hybridized carbons (Fsp3) is 0.500. The van der Waals surface area contributed by atoms with Gasteiger partial charge in [-0.25, -0.2) is 0 Å². The minimum Gasteiger partial charge on any atom is -0.364 e. The van der Waals surface area contributed by atoms with E-state index in [-0.39, 0.29) is 5.91 Å². The smallest absolute Gasteiger partial charge is 0.265 e. The van der Waals surface area contributed by atoms with Gasteiger partial charge in [-0.1, -0.05) is 20.3 Å². The molecule has 72 valence electrons. The number of aromatic nitrogens is 1. The molecule has 3 heteroatoms. The molecule has 0 fully saturated rings. The Morgan fingerprint density at radius 3 is 2.69 bits per heavy atom. The van der Waals surface area contributed by atoms with Gasteiger partial charge < -0.3 is 10.7 Å². The fourth-order valence-electron chi connectivity index (χ4n) is 1.48. The Morgan fingerprint density at radius 1 is 1.54 bits per heavy atom. The molecule has 0 spiro atoms. The molecule has 3 nitrogen and oxygen atoms in total. The van der Waals surface area contributed by atoms with Crippen LogP contribution in [0.1, 0.15) is 42.0 Å². The van der Waals surface area contributed by atoms with Crippen LogP contribution in [-0.2, 0) is 12.8 Å². The minimum absolute atomic E-state index is 0.378. The lowest BCUT2D eigenvalue weighted by molar-refractivity contribution is 0.0996. The maximum atomic E-state index is 10.9. The lowest BCUT2D eigenvalue weighted by Gasteiger charge is -1.96. The first-order valence-electron chi connectivity index (χ1n) is 4.69. The molecule has 13 heavy (non-hydrogen) atoms. The summed E-state index contributed by atoms with van der Waals surface area (Å²) in [5, 5.41) is 0. The van der Waals surface area contributed by atoms with Crippen LogP contribution in [0.2, 0.25) is 0 Å². The van der Waals surface area contributed by atoms with Crippen molar-refractivity contribution in [1.29, 1.82) is 0 Å². The minimum atomic E-state index is -0.378. The highest BCUT2D eigenvalue weighted by Gasteiger charge is 2.08. The predicted molar refractivity (Wildman–Crippen MR) is 52.7 cm³/mol. The number of H-pyrrole nitrogens is 1. The van der Waals surface area contributed by atoms with Crippen LogP contribution >= 0.6 is 0 Å². The molecule has 0 radical (unpaired) electrons. The van der Waals surface area contributed by atoms with E-state index in [0.717, 1.165) is 25.0 Å². The average Bonchev–Trinajstić information content (AvgIpc) is 2.48. The van der Waals surface area contributed by atoms with Crippen molar-refractivity contribution in [2.45, 2.75) is 33.1 Å². The zero-order valence-electron chi connectivity index (χ0n) is 8.18. The second kappa shape index (κ2) is 4.12. The summed E-state index contributed by atoms with van der Waals surface area (Å²) in [6.07, 6.45) is 3.01. The van der Waals surface area contributed by atoms with Gasteiger partial charge in [-0.2, -0.15) is 0 Å². The van der Waals surface area contributed by atoms with Crippen molar-refractivity contribution in [2.24, 2.45) is 5.73 Å². The monoisotopic (exact) mass is 180 g/mol. The number of nitrogens with two attached hydrogens (primary N) is 1. The van der Waals surface area contributed by atoms with Crippen LogP contribution in [-0.4, -0.2) is 10.9 Å². The molecule has 1 rings (SSSR count). The molecular formula is C10H16N2O. The van der Waals surface area contributed by atoms with Gasteiger partial charge in [-0.15, -0.1) is 0 Å². The van der Waals surface area contributed by atoms with E-state index in [4.69, 9.17) is 5.73 Å². The van der Waals surface area contributed by atoms with Crippen LogP contribution in [0.4, 0.5) is 0 Å². The Kier molecular flexibility index (Phi) is 3.12. The van der Waals surface area contributed by atoms with Crippen molar-refractivity contribution in [1.82, 2.24) is 4.98 Å². The van der Waals surface area contributed by atoms with Crippen LogP contribution < -0.4 is 5.73 Å². The molecule has 0 aliphatic heterocycles. The molecule has 0 atom stereocenters. The Labute approximate surface area is 78.3 Å². The third-order valence-corrected chi connectivity index (χ3v) is 2.13. The van der Waals surface area contributed by atoms with Gasteiger partial charge in [0.2, 0.25) is 0 Å². The number of hydrogen-bond acceptors (Lipinski definition) is 1. The van der Waals surface area contributed by atoms with E-state index >= 15 is 0 Å². The highest BCUT2D eigenvalue weighted by molar-refractivity contribution is 5.91. The summed E-state index contributed by atoms with van der Waals surface area (Å²) in [6, 6.07) is 1.87. The summed E-state index contributed by atoms with van der Waals surface area (Å²) in [5.41, 5.74) is 8.06. The molecular weight excluding hydrogens is 164 g/mol. The number of aryl methyl sites for hydroxylation is 2. The van der Waals surface area contributed by atoms with E-state index < -0.39 is 0 Å². The van der Waals surface area contributed by atoms with E-state index in [1.807, 2.05) is 6.07 Å². The molecule has 0 aromatic carbocycles. The molecule has 0 saturated carbocycles. The molecule has 1 heterocycles. The number of primary amides is 1. The third kappa shape index (κ3) is 2.11. The van der Waals surface area contributed by atoms with E-state index in [1.165, 1.54) is 5.56 Å². The Hall–Kier alpha value is -1.25. The van der Waals surface area contributed by atoms with Gasteiger partial charge >= 0.3 is 0 Å². The van der Waals surface area contributed by atoms with Crippen LogP contribution in [0.15, 0.2) is 6.07 Å². The number of hydrogen-bond donors (Lipinski definition) is 2. The summed E-state index contributed by atoms with van der Waals surface area (Å²) in [4.78, 5) is 13.9. The fourth-order valence-corrected chi connectivity index (χ4v) is 1.48. The number of rotatable bonds is 4. The van der Waals surface area contributed by atoms with Gasteiger partial charge in [-0.3, -0.25) is 4.79 Å². The molecule has 0 saturated heterocycles. The zero-order valence-corrected chi connectivity index (χ0v) is 8.18. The SMILES string of the molecule is CCCc1cc(C(N)=O)[nH]c1CC. The molecule has 1 aromatic rings. The summed E-state index contributed by atoms with van der Waals surface area (Å²) in [5.74, 6) is -0.378. The first-order valence-corrected chi connectivity index (χ1v) is 4.69. The third-order valence-electron chi connectivity index (χ3n) is 2.13. The predicted octanol–water partition coefficient (Wildman–Crippen LogP) is 1.63. The van der Waals surface area contributed by atoms with Gasteiger partial charge in [0.1, 0.15) is 5.69 Å². The topological polar surface area (TPSA) is 58.9 Å². The Bertz CT molecular complexity index is 302. The number of carbonyl (C=O) groups is 1. The lowest BCUT2D eigenvalue weighted by Crippen LogP contribution is -2.11. The molecule has 0 unspecified atom stereocenters. The van der Waals surface area contributed by atoms with E-state index in [0.29, 0.717) is 5.69 Å². The quantitative estimate of drug-likeness (QED) is 0.726. The standard InChI is InChI=1S/C10H16N2O/c1-3-5-7-6-9(10(11)13)12-8(7)4-2/h6,12H,3-5H2,1-2H3,(H2,11,13). The summed E-state index contributed by atoms with van der Waals surface area (Å²) >= 11 is 0. The summed E-state index contributed by atoms with van der Waals surface area (Å²) in [6.45, 7) is 4.19. The van der Waals surface area contributed by atoms with E-state index in [1.54, 1.807) is 0 Å². The van der Waals surface area contributed by atoms with Gasteiger partial charge in [0.15, 0.2) is 0 Å². The normalized spacial score (nSPS) is 10.3. The molecule has 1 aromatic heterocycles.